The standard InChI is InChI=1S/C23H20F3N3/c1-23(17-6-12-20(26)13-7-17)21(16-4-10-19(25)11-5-16)28-22(29-23)27-14-15-2-8-18(24)9-3-15/h2-13,21H,14H2,1H3,(H2,27,28,29)/t21-,23+/m1/s1. The van der Waals surface area contributed by atoms with Crippen molar-refractivity contribution < 1.29 is 13.2 Å². The highest BCUT2D eigenvalue weighted by molar-refractivity contribution is 5.83. The maximum atomic E-state index is 13.4. The van der Waals surface area contributed by atoms with Crippen LogP contribution in [0.3, 0.4) is 0 Å². The highest BCUT2D eigenvalue weighted by Gasteiger charge is 2.42. The summed E-state index contributed by atoms with van der Waals surface area (Å²) in [4.78, 5) is 4.84. The molecule has 2 atom stereocenters. The molecule has 1 aliphatic heterocycles. The van der Waals surface area contributed by atoms with Gasteiger partial charge in [-0.1, -0.05) is 36.4 Å². The largest absolute Gasteiger partial charge is 0.352 e. The van der Waals surface area contributed by atoms with E-state index in [1.165, 1.54) is 36.4 Å². The monoisotopic (exact) mass is 395 g/mol. The third-order valence-electron chi connectivity index (χ3n) is 5.19. The molecule has 0 spiro atoms. The molecule has 6 heteroatoms. The molecule has 0 bridgehead atoms. The number of aliphatic imine (C=N–C) groups is 1. The van der Waals surface area contributed by atoms with Gasteiger partial charge in [0.2, 0.25) is 0 Å². The van der Waals surface area contributed by atoms with Crippen LogP contribution in [0.25, 0.3) is 0 Å². The molecule has 0 saturated heterocycles. The molecule has 1 aliphatic rings. The number of hydrogen-bond donors (Lipinski definition) is 2. The third kappa shape index (κ3) is 3.97. The average Bonchev–Trinajstić information content (AvgIpc) is 3.06. The van der Waals surface area contributed by atoms with E-state index in [1.54, 1.807) is 36.4 Å². The van der Waals surface area contributed by atoms with E-state index in [2.05, 4.69) is 10.6 Å². The molecule has 2 N–H and O–H groups in total. The number of hydrogen-bond acceptors (Lipinski definition) is 3. The van der Waals surface area contributed by atoms with Crippen molar-refractivity contribution in [3.05, 3.63) is 107 Å². The number of halogens is 3. The van der Waals surface area contributed by atoms with Crippen LogP contribution in [0.4, 0.5) is 13.2 Å². The van der Waals surface area contributed by atoms with Crippen LogP contribution in [0.15, 0.2) is 77.8 Å². The molecule has 3 aromatic rings. The molecule has 1 heterocycles. The van der Waals surface area contributed by atoms with Crippen molar-refractivity contribution >= 4 is 5.96 Å². The minimum absolute atomic E-state index is 0.274. The van der Waals surface area contributed by atoms with Crippen molar-refractivity contribution in [3.8, 4) is 0 Å². The Balaban J connectivity index is 1.63. The van der Waals surface area contributed by atoms with E-state index in [9.17, 15) is 13.2 Å². The van der Waals surface area contributed by atoms with Gasteiger partial charge in [-0.3, -0.25) is 0 Å². The van der Waals surface area contributed by atoms with Crippen LogP contribution in [0.2, 0.25) is 0 Å². The van der Waals surface area contributed by atoms with Crippen LogP contribution in [0.5, 0.6) is 0 Å². The first-order valence-corrected chi connectivity index (χ1v) is 9.30. The van der Waals surface area contributed by atoms with Gasteiger partial charge in [0, 0.05) is 6.54 Å². The van der Waals surface area contributed by atoms with Gasteiger partial charge >= 0.3 is 0 Å². The number of nitrogens with zero attached hydrogens (tertiary/aromatic N) is 1. The lowest BCUT2D eigenvalue weighted by Crippen LogP contribution is -2.37. The lowest BCUT2D eigenvalue weighted by molar-refractivity contribution is 0.404. The van der Waals surface area contributed by atoms with Gasteiger partial charge in [0.05, 0.1) is 6.04 Å². The quantitative estimate of drug-likeness (QED) is 0.665. The third-order valence-corrected chi connectivity index (χ3v) is 5.19. The van der Waals surface area contributed by atoms with Gasteiger partial charge in [-0.2, -0.15) is 0 Å². The second kappa shape index (κ2) is 7.62. The summed E-state index contributed by atoms with van der Waals surface area (Å²) in [5.74, 6) is -0.355. The second-order valence-corrected chi connectivity index (χ2v) is 7.22. The van der Waals surface area contributed by atoms with Crippen molar-refractivity contribution in [1.82, 2.24) is 10.6 Å². The lowest BCUT2D eigenvalue weighted by Gasteiger charge is -2.29. The summed E-state index contributed by atoms with van der Waals surface area (Å²) in [7, 11) is 0. The molecular weight excluding hydrogens is 375 g/mol. The highest BCUT2D eigenvalue weighted by atomic mass is 19.1. The predicted molar refractivity (Wildman–Crippen MR) is 107 cm³/mol. The van der Waals surface area contributed by atoms with Crippen molar-refractivity contribution in [3.63, 3.8) is 0 Å². The normalized spacial score (nSPS) is 20.8. The van der Waals surface area contributed by atoms with Crippen LogP contribution < -0.4 is 10.6 Å². The molecular formula is C23H20F3N3. The zero-order chi connectivity index (χ0) is 20.4. The van der Waals surface area contributed by atoms with E-state index in [4.69, 9.17) is 4.99 Å². The molecule has 0 radical (unpaired) electrons. The SMILES string of the molecule is C[C@@]1(c2ccc(F)cc2)N=C(NCc2ccc(F)cc2)N[C@@H]1c1ccc(F)cc1. The summed E-state index contributed by atoms with van der Waals surface area (Å²) >= 11 is 0. The summed E-state index contributed by atoms with van der Waals surface area (Å²) in [6.45, 7) is 2.41. The molecule has 0 unspecified atom stereocenters. The van der Waals surface area contributed by atoms with E-state index in [0.29, 0.717) is 12.5 Å². The molecule has 0 saturated carbocycles. The molecule has 0 amide bonds. The molecule has 148 valence electrons. The molecule has 3 nitrogen and oxygen atoms in total. The van der Waals surface area contributed by atoms with Crippen molar-refractivity contribution in [2.24, 2.45) is 4.99 Å². The van der Waals surface area contributed by atoms with Gasteiger partial charge in [-0.15, -0.1) is 0 Å². The molecule has 3 aromatic carbocycles. The fourth-order valence-electron chi connectivity index (χ4n) is 3.57. The first kappa shape index (κ1) is 19.1. The maximum absolute atomic E-state index is 13.4. The van der Waals surface area contributed by atoms with Crippen molar-refractivity contribution in [1.29, 1.82) is 0 Å². The Morgan fingerprint density at radius 3 is 1.93 bits per heavy atom. The fourth-order valence-corrected chi connectivity index (χ4v) is 3.57. The molecule has 4 rings (SSSR count). The van der Waals surface area contributed by atoms with E-state index >= 15 is 0 Å². The Morgan fingerprint density at radius 2 is 1.34 bits per heavy atom. The topological polar surface area (TPSA) is 36.4 Å². The number of nitrogens with one attached hydrogen (secondary N) is 2. The first-order valence-electron chi connectivity index (χ1n) is 9.30. The number of guanidine groups is 1. The van der Waals surface area contributed by atoms with Crippen LogP contribution in [-0.2, 0) is 12.1 Å². The predicted octanol–water partition coefficient (Wildman–Crippen LogP) is 4.81. The van der Waals surface area contributed by atoms with Crippen LogP contribution in [0, 0.1) is 17.5 Å². The molecule has 0 fully saturated rings. The molecule has 0 aliphatic carbocycles. The zero-order valence-corrected chi connectivity index (χ0v) is 15.8. The minimum atomic E-state index is -0.726. The Bertz CT molecular complexity index is 1010. The van der Waals surface area contributed by atoms with Crippen LogP contribution >= 0.6 is 0 Å². The van der Waals surface area contributed by atoms with Gasteiger partial charge in [0.15, 0.2) is 5.96 Å². The molecule has 29 heavy (non-hydrogen) atoms. The number of benzene rings is 3. The Labute approximate surface area is 167 Å². The lowest BCUT2D eigenvalue weighted by atomic mass is 9.82. The van der Waals surface area contributed by atoms with Gasteiger partial charge < -0.3 is 10.6 Å². The Morgan fingerprint density at radius 1 is 0.828 bits per heavy atom. The van der Waals surface area contributed by atoms with Crippen molar-refractivity contribution in [2.75, 3.05) is 0 Å². The average molecular weight is 395 g/mol. The zero-order valence-electron chi connectivity index (χ0n) is 15.8. The minimum Gasteiger partial charge on any atom is -0.352 e. The van der Waals surface area contributed by atoms with Crippen LogP contribution in [0.1, 0.15) is 29.7 Å². The summed E-state index contributed by atoms with van der Waals surface area (Å²) in [5, 5.41) is 6.59. The van der Waals surface area contributed by atoms with E-state index in [-0.39, 0.29) is 23.5 Å². The van der Waals surface area contributed by atoms with Gasteiger partial charge in [-0.25, -0.2) is 18.2 Å². The summed E-state index contributed by atoms with van der Waals surface area (Å²) in [6.07, 6.45) is 0. The van der Waals surface area contributed by atoms with Gasteiger partial charge in [-0.05, 0) is 60.0 Å². The number of rotatable bonds is 4. The highest BCUT2D eigenvalue weighted by Crippen LogP contribution is 2.41. The van der Waals surface area contributed by atoms with Crippen molar-refractivity contribution in [2.45, 2.75) is 25.0 Å². The fraction of sp³-hybridized carbons (Fsp3) is 0.174. The maximum Gasteiger partial charge on any atom is 0.193 e. The first-order chi connectivity index (χ1) is 13.9. The second-order valence-electron chi connectivity index (χ2n) is 7.22. The van der Waals surface area contributed by atoms with E-state index in [1.807, 2.05) is 6.92 Å². The van der Waals surface area contributed by atoms with Crippen LogP contribution in [-0.4, -0.2) is 5.96 Å². The summed E-state index contributed by atoms with van der Waals surface area (Å²) < 4.78 is 40.0. The summed E-state index contributed by atoms with van der Waals surface area (Å²) in [5.41, 5.74) is 1.88. The van der Waals surface area contributed by atoms with Gasteiger partial charge in [0.25, 0.3) is 0 Å². The summed E-state index contributed by atoms with van der Waals surface area (Å²) in [6, 6.07) is 18.4. The smallest absolute Gasteiger partial charge is 0.193 e. The van der Waals surface area contributed by atoms with Gasteiger partial charge in [0.1, 0.15) is 23.0 Å². The molecule has 0 aromatic heterocycles. The Kier molecular flexibility index (Phi) is 5.01. The van der Waals surface area contributed by atoms with E-state index < -0.39 is 5.54 Å². The Hall–Kier alpha value is -3.28. The van der Waals surface area contributed by atoms with E-state index in [0.717, 1.165) is 16.7 Å².